The first-order chi connectivity index (χ1) is 9.20. The third kappa shape index (κ3) is 14.2. The summed E-state index contributed by atoms with van der Waals surface area (Å²) in [7, 11) is 0. The molecule has 0 heterocycles. The zero-order valence-corrected chi connectivity index (χ0v) is 14.1. The molecule has 0 aromatic rings. The molecule has 0 aromatic heterocycles. The van der Waals surface area contributed by atoms with Crippen molar-refractivity contribution in [1.82, 2.24) is 5.32 Å². The molecule has 19 heavy (non-hydrogen) atoms. The summed E-state index contributed by atoms with van der Waals surface area (Å²) < 4.78 is 0. The van der Waals surface area contributed by atoms with Crippen molar-refractivity contribution in [3.05, 3.63) is 0 Å². The molecule has 0 aromatic carbocycles. The minimum Gasteiger partial charge on any atom is -0.316 e. The summed E-state index contributed by atoms with van der Waals surface area (Å²) in [5.41, 5.74) is 0. The van der Waals surface area contributed by atoms with Gasteiger partial charge in [0.05, 0.1) is 0 Å². The zero-order chi connectivity index (χ0) is 14.3. The van der Waals surface area contributed by atoms with Crippen LogP contribution in [0.4, 0.5) is 0 Å². The lowest BCUT2D eigenvalue weighted by Crippen LogP contribution is -2.22. The summed E-state index contributed by atoms with van der Waals surface area (Å²) in [5, 5.41) is 3.63. The molecule has 2 unspecified atom stereocenters. The Kier molecular flexibility index (Phi) is 14.3. The van der Waals surface area contributed by atoms with E-state index in [0.29, 0.717) is 0 Å². The fourth-order valence-corrected chi connectivity index (χ4v) is 2.57. The minimum absolute atomic E-state index is 0.847. The molecule has 1 nitrogen and oxygen atoms in total. The van der Waals surface area contributed by atoms with Gasteiger partial charge < -0.3 is 5.32 Å². The van der Waals surface area contributed by atoms with E-state index in [-0.39, 0.29) is 0 Å². The van der Waals surface area contributed by atoms with Gasteiger partial charge in [-0.25, -0.2) is 0 Å². The predicted octanol–water partition coefficient (Wildman–Crippen LogP) is 5.79. The lowest BCUT2D eigenvalue weighted by Gasteiger charge is -2.16. The van der Waals surface area contributed by atoms with Gasteiger partial charge in [0, 0.05) is 0 Å². The Morgan fingerprint density at radius 3 is 2.00 bits per heavy atom. The van der Waals surface area contributed by atoms with Crippen LogP contribution in [-0.4, -0.2) is 13.1 Å². The summed E-state index contributed by atoms with van der Waals surface area (Å²) in [6.45, 7) is 11.8. The third-order valence-corrected chi connectivity index (χ3v) is 4.15. The molecule has 1 N–H and O–H groups in total. The number of hydrogen-bond donors (Lipinski definition) is 1. The van der Waals surface area contributed by atoms with Crippen LogP contribution in [0.2, 0.25) is 0 Å². The summed E-state index contributed by atoms with van der Waals surface area (Å²) in [5.74, 6) is 1.77. The number of hydrogen-bond acceptors (Lipinski definition) is 1. The van der Waals surface area contributed by atoms with E-state index >= 15 is 0 Å². The highest BCUT2D eigenvalue weighted by molar-refractivity contribution is 4.61. The molecule has 116 valence electrons. The molecule has 2 atom stereocenters. The van der Waals surface area contributed by atoms with E-state index < -0.39 is 0 Å². The Hall–Kier alpha value is -0.0400. The number of unbranched alkanes of at least 4 members (excludes halogenated alkanes) is 5. The molecular weight excluding hydrogens is 230 g/mol. The quantitative estimate of drug-likeness (QED) is 0.394. The molecule has 0 aliphatic carbocycles. The van der Waals surface area contributed by atoms with Gasteiger partial charge in [0.2, 0.25) is 0 Å². The van der Waals surface area contributed by atoms with Crippen molar-refractivity contribution < 1.29 is 0 Å². The van der Waals surface area contributed by atoms with Gasteiger partial charge in [0.15, 0.2) is 0 Å². The van der Waals surface area contributed by atoms with Crippen molar-refractivity contribution in [2.24, 2.45) is 11.8 Å². The zero-order valence-electron chi connectivity index (χ0n) is 14.1. The Morgan fingerprint density at radius 2 is 1.32 bits per heavy atom. The first kappa shape index (κ1) is 19.0. The fraction of sp³-hybridized carbons (Fsp3) is 1.00. The summed E-state index contributed by atoms with van der Waals surface area (Å²) >= 11 is 0. The second kappa shape index (κ2) is 14.4. The van der Waals surface area contributed by atoms with Crippen LogP contribution in [0.15, 0.2) is 0 Å². The largest absolute Gasteiger partial charge is 0.316 e. The van der Waals surface area contributed by atoms with Gasteiger partial charge in [0.1, 0.15) is 0 Å². The van der Waals surface area contributed by atoms with Crippen molar-refractivity contribution in [1.29, 1.82) is 0 Å². The summed E-state index contributed by atoms with van der Waals surface area (Å²) in [6, 6.07) is 0. The van der Waals surface area contributed by atoms with Gasteiger partial charge in [-0.2, -0.15) is 0 Å². The molecule has 0 saturated carbocycles. The van der Waals surface area contributed by atoms with Crippen LogP contribution in [0, 0.1) is 11.8 Å². The van der Waals surface area contributed by atoms with E-state index in [1.54, 1.807) is 0 Å². The number of rotatable bonds is 14. The summed E-state index contributed by atoms with van der Waals surface area (Å²) in [6.07, 6.45) is 13.9. The van der Waals surface area contributed by atoms with Crippen molar-refractivity contribution in [2.45, 2.75) is 91.9 Å². The van der Waals surface area contributed by atoms with Crippen LogP contribution in [0.5, 0.6) is 0 Å². The molecule has 0 aliphatic heterocycles. The molecule has 1 heteroatoms. The molecule has 0 bridgehead atoms. The molecule has 0 radical (unpaired) electrons. The van der Waals surface area contributed by atoms with E-state index in [2.05, 4.69) is 33.0 Å². The monoisotopic (exact) mass is 269 g/mol. The number of nitrogens with one attached hydrogen (secondary N) is 1. The van der Waals surface area contributed by atoms with Gasteiger partial charge >= 0.3 is 0 Å². The first-order valence-corrected chi connectivity index (χ1v) is 8.91. The third-order valence-electron chi connectivity index (χ3n) is 4.15. The average molecular weight is 270 g/mol. The standard InChI is InChI=1S/C18H39N/c1-5-7-9-10-11-15-19-16-18(4)14-13-17(3)12-8-6-2/h17-19H,5-16H2,1-4H3. The minimum atomic E-state index is 0.847. The lowest BCUT2D eigenvalue weighted by molar-refractivity contribution is 0.389. The maximum atomic E-state index is 3.63. The lowest BCUT2D eigenvalue weighted by atomic mass is 9.94. The maximum absolute atomic E-state index is 3.63. The second-order valence-electron chi connectivity index (χ2n) is 6.55. The van der Waals surface area contributed by atoms with Gasteiger partial charge in [-0.05, 0) is 37.8 Å². The van der Waals surface area contributed by atoms with Crippen molar-refractivity contribution >= 4 is 0 Å². The van der Waals surface area contributed by atoms with Gasteiger partial charge in [0.25, 0.3) is 0 Å². The molecule has 0 fully saturated rings. The van der Waals surface area contributed by atoms with E-state index in [9.17, 15) is 0 Å². The van der Waals surface area contributed by atoms with Crippen molar-refractivity contribution in [3.63, 3.8) is 0 Å². The molecule has 0 aliphatic rings. The Bertz CT molecular complexity index is 167. The van der Waals surface area contributed by atoms with Crippen LogP contribution in [0.25, 0.3) is 0 Å². The summed E-state index contributed by atoms with van der Waals surface area (Å²) in [4.78, 5) is 0. The van der Waals surface area contributed by atoms with Crippen LogP contribution in [0.3, 0.4) is 0 Å². The van der Waals surface area contributed by atoms with Gasteiger partial charge in [-0.3, -0.25) is 0 Å². The van der Waals surface area contributed by atoms with Crippen LogP contribution in [-0.2, 0) is 0 Å². The highest BCUT2D eigenvalue weighted by atomic mass is 14.8. The molecule has 0 rings (SSSR count). The normalized spacial score (nSPS) is 14.5. The van der Waals surface area contributed by atoms with E-state index in [1.165, 1.54) is 77.3 Å². The topological polar surface area (TPSA) is 12.0 Å². The predicted molar refractivity (Wildman–Crippen MR) is 88.7 cm³/mol. The van der Waals surface area contributed by atoms with Crippen LogP contribution < -0.4 is 5.32 Å². The fourth-order valence-electron chi connectivity index (χ4n) is 2.57. The van der Waals surface area contributed by atoms with E-state index in [4.69, 9.17) is 0 Å². The van der Waals surface area contributed by atoms with Crippen molar-refractivity contribution in [2.75, 3.05) is 13.1 Å². The molecule has 0 saturated heterocycles. The first-order valence-electron chi connectivity index (χ1n) is 8.91. The SMILES string of the molecule is CCCCCCCNCC(C)CCC(C)CCCC. The Morgan fingerprint density at radius 1 is 0.684 bits per heavy atom. The van der Waals surface area contributed by atoms with Crippen LogP contribution in [0.1, 0.15) is 91.9 Å². The highest BCUT2D eigenvalue weighted by Gasteiger charge is 2.06. The van der Waals surface area contributed by atoms with Crippen LogP contribution >= 0.6 is 0 Å². The van der Waals surface area contributed by atoms with Gasteiger partial charge in [-0.1, -0.05) is 79.1 Å². The Balaban J connectivity index is 3.27. The molecule has 0 spiro atoms. The second-order valence-corrected chi connectivity index (χ2v) is 6.55. The van der Waals surface area contributed by atoms with Gasteiger partial charge in [-0.15, -0.1) is 0 Å². The van der Waals surface area contributed by atoms with Crippen molar-refractivity contribution in [3.8, 4) is 0 Å². The molecule has 0 amide bonds. The smallest absolute Gasteiger partial charge is 0.00232 e. The molecular formula is C18H39N. The Labute approximate surface area is 122 Å². The van der Waals surface area contributed by atoms with E-state index in [0.717, 1.165) is 11.8 Å². The maximum Gasteiger partial charge on any atom is -0.00232 e. The van der Waals surface area contributed by atoms with E-state index in [1.807, 2.05) is 0 Å². The average Bonchev–Trinajstić information content (AvgIpc) is 2.41. The highest BCUT2D eigenvalue weighted by Crippen LogP contribution is 2.17.